The molecule has 0 spiro atoms. The second kappa shape index (κ2) is 7.12. The zero-order chi connectivity index (χ0) is 17.9. The number of aromatic nitrogens is 2. The standard InChI is InChI=1S/C16H20N4O4/c1-5-11(3)17-16(21)13-9-15(19(4)18-13)24-12-6-7-14(20(22)23)10(2)8-12/h6-9,11H,5H2,1-4H3,(H,17,21). The SMILES string of the molecule is CCC(C)NC(=O)c1cc(Oc2ccc([N+](=O)[O-])c(C)c2)n(C)n1. The summed E-state index contributed by atoms with van der Waals surface area (Å²) in [7, 11) is 1.66. The number of rotatable bonds is 6. The van der Waals surface area contributed by atoms with E-state index in [1.807, 2.05) is 13.8 Å². The maximum Gasteiger partial charge on any atom is 0.272 e. The van der Waals surface area contributed by atoms with Gasteiger partial charge in [0.05, 0.1) is 4.92 Å². The second-order valence-electron chi connectivity index (χ2n) is 5.58. The molecule has 8 heteroatoms. The number of carbonyl (C=O) groups is 1. The minimum Gasteiger partial charge on any atom is -0.439 e. The summed E-state index contributed by atoms with van der Waals surface area (Å²) >= 11 is 0. The molecule has 0 aliphatic heterocycles. The average molecular weight is 332 g/mol. The van der Waals surface area contributed by atoms with Crippen LogP contribution in [-0.4, -0.2) is 26.7 Å². The van der Waals surface area contributed by atoms with Crippen molar-refractivity contribution < 1.29 is 14.5 Å². The first-order chi connectivity index (χ1) is 11.3. The Kier molecular flexibility index (Phi) is 5.18. The van der Waals surface area contributed by atoms with Gasteiger partial charge in [0.25, 0.3) is 11.6 Å². The molecule has 1 amide bonds. The molecule has 2 rings (SSSR count). The topological polar surface area (TPSA) is 99.3 Å². The van der Waals surface area contributed by atoms with Crippen LogP contribution in [0, 0.1) is 17.0 Å². The number of nitrogens with one attached hydrogen (secondary N) is 1. The molecule has 0 fully saturated rings. The van der Waals surface area contributed by atoms with Gasteiger partial charge < -0.3 is 10.1 Å². The first kappa shape index (κ1) is 17.5. The molecule has 0 aliphatic carbocycles. The van der Waals surface area contributed by atoms with E-state index in [-0.39, 0.29) is 23.3 Å². The number of aryl methyl sites for hydroxylation is 2. The molecular weight excluding hydrogens is 312 g/mol. The molecule has 1 N–H and O–H groups in total. The fourth-order valence-corrected chi connectivity index (χ4v) is 2.07. The van der Waals surface area contributed by atoms with Crippen molar-refractivity contribution >= 4 is 11.6 Å². The van der Waals surface area contributed by atoms with Crippen LogP contribution in [0.1, 0.15) is 36.3 Å². The van der Waals surface area contributed by atoms with E-state index in [0.717, 1.165) is 6.42 Å². The molecule has 0 aliphatic rings. The maximum atomic E-state index is 12.1. The number of hydrogen-bond acceptors (Lipinski definition) is 5. The van der Waals surface area contributed by atoms with Gasteiger partial charge in [-0.3, -0.25) is 14.9 Å². The third-order valence-electron chi connectivity index (χ3n) is 3.65. The van der Waals surface area contributed by atoms with Crippen LogP contribution >= 0.6 is 0 Å². The summed E-state index contributed by atoms with van der Waals surface area (Å²) in [5.41, 5.74) is 0.779. The summed E-state index contributed by atoms with van der Waals surface area (Å²) in [6.07, 6.45) is 0.823. The molecule has 0 radical (unpaired) electrons. The quantitative estimate of drug-likeness (QED) is 0.647. The summed E-state index contributed by atoms with van der Waals surface area (Å²) in [5.74, 6) is 0.544. The Hall–Kier alpha value is -2.90. The lowest BCUT2D eigenvalue weighted by atomic mass is 10.2. The largest absolute Gasteiger partial charge is 0.439 e. The Balaban J connectivity index is 2.18. The molecule has 1 aromatic carbocycles. The van der Waals surface area contributed by atoms with Crippen molar-refractivity contribution in [2.24, 2.45) is 7.05 Å². The van der Waals surface area contributed by atoms with Crippen LogP contribution < -0.4 is 10.1 Å². The number of nitro groups is 1. The third kappa shape index (κ3) is 3.89. The third-order valence-corrected chi connectivity index (χ3v) is 3.65. The zero-order valence-corrected chi connectivity index (χ0v) is 14.1. The van der Waals surface area contributed by atoms with Crippen LogP contribution in [0.2, 0.25) is 0 Å². The lowest BCUT2D eigenvalue weighted by Crippen LogP contribution is -2.32. The van der Waals surface area contributed by atoms with Crippen molar-refractivity contribution in [1.29, 1.82) is 0 Å². The van der Waals surface area contributed by atoms with E-state index in [1.165, 1.54) is 22.9 Å². The van der Waals surface area contributed by atoms with Crippen molar-refractivity contribution in [3.63, 3.8) is 0 Å². The van der Waals surface area contributed by atoms with Crippen LogP contribution in [0.15, 0.2) is 24.3 Å². The van der Waals surface area contributed by atoms with Gasteiger partial charge in [-0.15, -0.1) is 0 Å². The Morgan fingerprint density at radius 2 is 2.17 bits per heavy atom. The molecule has 8 nitrogen and oxygen atoms in total. The highest BCUT2D eigenvalue weighted by molar-refractivity contribution is 5.92. The number of benzene rings is 1. The van der Waals surface area contributed by atoms with E-state index in [0.29, 0.717) is 17.2 Å². The molecule has 128 valence electrons. The van der Waals surface area contributed by atoms with Gasteiger partial charge in [-0.1, -0.05) is 6.92 Å². The summed E-state index contributed by atoms with van der Waals surface area (Å²) in [5, 5.41) is 17.8. The Labute approximate surface area is 139 Å². The highest BCUT2D eigenvalue weighted by Crippen LogP contribution is 2.27. The van der Waals surface area contributed by atoms with Crippen LogP contribution in [0.3, 0.4) is 0 Å². The Morgan fingerprint density at radius 3 is 2.75 bits per heavy atom. The molecule has 1 atom stereocenters. The van der Waals surface area contributed by atoms with Crippen molar-refractivity contribution in [2.45, 2.75) is 33.2 Å². The number of ether oxygens (including phenoxy) is 1. The summed E-state index contributed by atoms with van der Waals surface area (Å²) in [4.78, 5) is 22.5. The minimum absolute atomic E-state index is 0.0287. The van der Waals surface area contributed by atoms with Crippen molar-refractivity contribution in [3.05, 3.63) is 45.6 Å². The normalized spacial score (nSPS) is 11.8. The van der Waals surface area contributed by atoms with E-state index >= 15 is 0 Å². The molecule has 0 saturated heterocycles. The number of carbonyl (C=O) groups excluding carboxylic acids is 1. The van der Waals surface area contributed by atoms with Gasteiger partial charge in [0, 0.05) is 30.8 Å². The molecule has 24 heavy (non-hydrogen) atoms. The smallest absolute Gasteiger partial charge is 0.272 e. The van der Waals surface area contributed by atoms with Crippen LogP contribution in [-0.2, 0) is 7.05 Å². The lowest BCUT2D eigenvalue weighted by Gasteiger charge is -2.08. The highest BCUT2D eigenvalue weighted by Gasteiger charge is 2.16. The van der Waals surface area contributed by atoms with E-state index in [9.17, 15) is 14.9 Å². The number of nitrogens with zero attached hydrogens (tertiary/aromatic N) is 3. The summed E-state index contributed by atoms with van der Waals surface area (Å²) in [6, 6.07) is 6.06. The molecule has 0 bridgehead atoms. The van der Waals surface area contributed by atoms with Gasteiger partial charge in [0.1, 0.15) is 5.75 Å². The first-order valence-corrected chi connectivity index (χ1v) is 7.59. The molecule has 0 saturated carbocycles. The predicted molar refractivity (Wildman–Crippen MR) is 88.3 cm³/mol. The molecule has 2 aromatic rings. The molecule has 1 unspecified atom stereocenters. The van der Waals surface area contributed by atoms with Crippen molar-refractivity contribution in [1.82, 2.24) is 15.1 Å². The van der Waals surface area contributed by atoms with Crippen molar-refractivity contribution in [2.75, 3.05) is 0 Å². The Morgan fingerprint density at radius 1 is 1.46 bits per heavy atom. The fourth-order valence-electron chi connectivity index (χ4n) is 2.07. The monoisotopic (exact) mass is 332 g/mol. The van der Waals surface area contributed by atoms with Gasteiger partial charge in [-0.25, -0.2) is 4.68 Å². The predicted octanol–water partition coefficient (Wildman–Crippen LogP) is 2.96. The lowest BCUT2D eigenvalue weighted by molar-refractivity contribution is -0.385. The summed E-state index contributed by atoms with van der Waals surface area (Å²) < 4.78 is 7.13. The number of amides is 1. The molecule has 1 aromatic heterocycles. The van der Waals surface area contributed by atoms with Crippen LogP contribution in [0.25, 0.3) is 0 Å². The van der Waals surface area contributed by atoms with Gasteiger partial charge in [0.2, 0.25) is 5.88 Å². The highest BCUT2D eigenvalue weighted by atomic mass is 16.6. The fraction of sp³-hybridized carbons (Fsp3) is 0.375. The van der Waals surface area contributed by atoms with Gasteiger partial charge in [0.15, 0.2) is 5.69 Å². The number of nitro benzene ring substituents is 1. The van der Waals surface area contributed by atoms with Gasteiger partial charge in [-0.2, -0.15) is 5.10 Å². The average Bonchev–Trinajstić information content (AvgIpc) is 2.88. The van der Waals surface area contributed by atoms with E-state index in [1.54, 1.807) is 20.0 Å². The second-order valence-corrected chi connectivity index (χ2v) is 5.58. The maximum absolute atomic E-state index is 12.1. The molecular formula is C16H20N4O4. The summed E-state index contributed by atoms with van der Waals surface area (Å²) in [6.45, 7) is 5.53. The van der Waals surface area contributed by atoms with Crippen molar-refractivity contribution in [3.8, 4) is 11.6 Å². The zero-order valence-electron chi connectivity index (χ0n) is 14.1. The van der Waals surface area contributed by atoms with Crippen LogP contribution in [0.5, 0.6) is 11.6 Å². The van der Waals surface area contributed by atoms with E-state index < -0.39 is 4.92 Å². The first-order valence-electron chi connectivity index (χ1n) is 7.59. The number of hydrogen-bond donors (Lipinski definition) is 1. The minimum atomic E-state index is -0.444. The van der Waals surface area contributed by atoms with E-state index in [2.05, 4.69) is 10.4 Å². The molecule has 1 heterocycles. The van der Waals surface area contributed by atoms with Crippen LogP contribution in [0.4, 0.5) is 5.69 Å². The van der Waals surface area contributed by atoms with E-state index in [4.69, 9.17) is 4.74 Å². The van der Waals surface area contributed by atoms with Gasteiger partial charge in [-0.05, 0) is 32.4 Å². The Bertz CT molecular complexity index is 769. The van der Waals surface area contributed by atoms with Gasteiger partial charge >= 0.3 is 0 Å².